The molecule has 18 heavy (non-hydrogen) atoms. The van der Waals surface area contributed by atoms with Crippen LogP contribution in [0.2, 0.25) is 13.1 Å². The molecule has 0 aliphatic heterocycles. The van der Waals surface area contributed by atoms with Gasteiger partial charge in [-0.2, -0.15) is 11.1 Å². The minimum Gasteiger partial charge on any atom is -0.496 e. The highest BCUT2D eigenvalue weighted by Gasteiger charge is 2.25. The van der Waals surface area contributed by atoms with Crippen molar-refractivity contribution in [1.29, 1.82) is 0 Å². The van der Waals surface area contributed by atoms with Crippen LogP contribution in [0.15, 0.2) is 12.1 Å². The number of rotatable bonds is 3. The van der Waals surface area contributed by atoms with Crippen LogP contribution in [0.5, 0.6) is 5.75 Å². The van der Waals surface area contributed by atoms with E-state index in [0.717, 1.165) is 11.8 Å². The highest BCUT2D eigenvalue weighted by molar-refractivity contribution is 7.18. The Kier molecular flexibility index (Phi) is 4.55. The molecule has 0 saturated heterocycles. The van der Waals surface area contributed by atoms with Gasteiger partial charge in [0, 0.05) is 0 Å². The Morgan fingerprint density at radius 3 is 2.17 bits per heavy atom. The van der Waals surface area contributed by atoms with E-state index in [1.54, 1.807) is 7.11 Å². The van der Waals surface area contributed by atoms with Gasteiger partial charge in [0.2, 0.25) is 0 Å². The Morgan fingerprint density at radius 1 is 1.22 bits per heavy atom. The summed E-state index contributed by atoms with van der Waals surface area (Å²) in [6.45, 7) is 13.1. The fourth-order valence-electron chi connectivity index (χ4n) is 2.23. The molecular formula is C15H25ClOSi. The largest absolute Gasteiger partial charge is 0.496 e. The fourth-order valence-corrected chi connectivity index (χ4v) is 3.83. The van der Waals surface area contributed by atoms with E-state index >= 15 is 0 Å². The number of methoxy groups -OCH3 is 1. The van der Waals surface area contributed by atoms with E-state index in [1.165, 1.54) is 16.7 Å². The van der Waals surface area contributed by atoms with Gasteiger partial charge in [-0.25, -0.2) is 0 Å². The van der Waals surface area contributed by atoms with Gasteiger partial charge in [-0.1, -0.05) is 51.6 Å². The first kappa shape index (κ1) is 15.6. The first-order chi connectivity index (χ1) is 8.04. The molecule has 0 bridgehead atoms. The van der Waals surface area contributed by atoms with Gasteiger partial charge in [-0.3, -0.25) is 0 Å². The van der Waals surface area contributed by atoms with Crippen molar-refractivity contribution < 1.29 is 4.74 Å². The molecule has 3 heteroatoms. The summed E-state index contributed by atoms with van der Waals surface area (Å²) in [5.41, 5.74) is 3.90. The van der Waals surface area contributed by atoms with Crippen molar-refractivity contribution in [2.45, 2.75) is 52.2 Å². The SMILES string of the molecule is COc1c(C[Si](C)(C)Cl)cc(C)cc1C(C)(C)C. The molecule has 1 aromatic carbocycles. The fraction of sp³-hybridized carbons (Fsp3) is 0.600. The molecule has 0 atom stereocenters. The molecule has 0 saturated carbocycles. The quantitative estimate of drug-likeness (QED) is 0.571. The van der Waals surface area contributed by atoms with Crippen LogP contribution in [0.1, 0.15) is 37.5 Å². The van der Waals surface area contributed by atoms with E-state index < -0.39 is 7.38 Å². The molecule has 0 spiro atoms. The Bertz CT molecular complexity index is 427. The Balaban J connectivity index is 3.39. The maximum absolute atomic E-state index is 6.50. The lowest BCUT2D eigenvalue weighted by Crippen LogP contribution is -2.22. The van der Waals surface area contributed by atoms with Crippen molar-refractivity contribution >= 4 is 18.5 Å². The zero-order valence-electron chi connectivity index (χ0n) is 12.6. The third kappa shape index (κ3) is 4.03. The molecule has 0 N–H and O–H groups in total. The van der Waals surface area contributed by atoms with Crippen molar-refractivity contribution in [3.05, 3.63) is 28.8 Å². The van der Waals surface area contributed by atoms with Crippen molar-refractivity contribution in [2.24, 2.45) is 0 Å². The number of aryl methyl sites for hydroxylation is 1. The molecule has 1 rings (SSSR count). The molecule has 0 heterocycles. The van der Waals surface area contributed by atoms with Crippen LogP contribution >= 0.6 is 11.1 Å². The summed E-state index contributed by atoms with van der Waals surface area (Å²) in [5, 5.41) is 0. The first-order valence-corrected chi connectivity index (χ1v) is 10.6. The summed E-state index contributed by atoms with van der Waals surface area (Å²) in [7, 11) is 0.0977. The van der Waals surface area contributed by atoms with Gasteiger partial charge in [-0.05, 0) is 29.5 Å². The average Bonchev–Trinajstić information content (AvgIpc) is 2.12. The molecule has 0 amide bonds. The van der Waals surface area contributed by atoms with Gasteiger partial charge in [0.1, 0.15) is 5.75 Å². The Hall–Kier alpha value is -0.473. The predicted molar refractivity (Wildman–Crippen MR) is 83.5 cm³/mol. The van der Waals surface area contributed by atoms with E-state index in [4.69, 9.17) is 15.8 Å². The van der Waals surface area contributed by atoms with Gasteiger partial charge in [0.05, 0.1) is 7.11 Å². The highest BCUT2D eigenvalue weighted by Crippen LogP contribution is 2.36. The summed E-state index contributed by atoms with van der Waals surface area (Å²) in [6, 6.07) is 5.39. The molecule has 1 aromatic rings. The second-order valence-corrected chi connectivity index (χ2v) is 13.5. The van der Waals surface area contributed by atoms with Crippen molar-refractivity contribution in [3.8, 4) is 5.75 Å². The number of hydrogen-bond acceptors (Lipinski definition) is 1. The summed E-state index contributed by atoms with van der Waals surface area (Å²) < 4.78 is 5.67. The minimum absolute atomic E-state index is 0.0874. The molecule has 102 valence electrons. The monoisotopic (exact) mass is 284 g/mol. The average molecular weight is 285 g/mol. The van der Waals surface area contributed by atoms with Crippen LogP contribution in [0.4, 0.5) is 0 Å². The standard InChI is InChI=1S/C15H25ClOSi/c1-11-8-12(10-18(6,7)16)14(17-5)13(9-11)15(2,3)4/h8-9H,10H2,1-7H3. The van der Waals surface area contributed by atoms with Crippen molar-refractivity contribution in [1.82, 2.24) is 0 Å². The van der Waals surface area contributed by atoms with E-state index in [1.807, 2.05) is 0 Å². The maximum Gasteiger partial charge on any atom is 0.154 e. The number of ether oxygens (including phenoxy) is 1. The van der Waals surface area contributed by atoms with Crippen LogP contribution in [0, 0.1) is 6.92 Å². The number of benzene rings is 1. The molecule has 0 radical (unpaired) electrons. The summed E-state index contributed by atoms with van der Waals surface area (Å²) in [5.74, 6) is 1.02. The third-order valence-electron chi connectivity index (χ3n) is 2.93. The van der Waals surface area contributed by atoms with Crippen LogP contribution in [0.25, 0.3) is 0 Å². The molecule has 0 aliphatic rings. The normalized spacial score (nSPS) is 12.7. The molecular weight excluding hydrogens is 260 g/mol. The van der Waals surface area contributed by atoms with E-state index in [2.05, 4.69) is 52.9 Å². The summed E-state index contributed by atoms with van der Waals surface area (Å²) in [4.78, 5) is 0. The Morgan fingerprint density at radius 2 is 1.78 bits per heavy atom. The maximum atomic E-state index is 6.50. The van der Waals surface area contributed by atoms with E-state index in [9.17, 15) is 0 Å². The van der Waals surface area contributed by atoms with Crippen molar-refractivity contribution in [3.63, 3.8) is 0 Å². The first-order valence-electron chi connectivity index (χ1n) is 6.41. The zero-order chi connectivity index (χ0) is 14.1. The third-order valence-corrected chi connectivity index (χ3v) is 4.56. The molecule has 0 aliphatic carbocycles. The second-order valence-electron chi connectivity index (χ2n) is 6.65. The zero-order valence-corrected chi connectivity index (χ0v) is 14.4. The van der Waals surface area contributed by atoms with Gasteiger partial charge in [0.25, 0.3) is 0 Å². The summed E-state index contributed by atoms with van der Waals surface area (Å²) >= 11 is 6.50. The van der Waals surface area contributed by atoms with Gasteiger partial charge < -0.3 is 4.74 Å². The molecule has 1 nitrogen and oxygen atoms in total. The predicted octanol–water partition coefficient (Wildman–Crippen LogP) is 4.83. The van der Waals surface area contributed by atoms with E-state index in [0.29, 0.717) is 0 Å². The lowest BCUT2D eigenvalue weighted by molar-refractivity contribution is 0.393. The van der Waals surface area contributed by atoms with Crippen LogP contribution in [-0.4, -0.2) is 14.5 Å². The Labute approximate surface area is 117 Å². The lowest BCUT2D eigenvalue weighted by atomic mass is 9.84. The minimum atomic E-state index is -1.66. The lowest BCUT2D eigenvalue weighted by Gasteiger charge is -2.26. The number of halogens is 1. The smallest absolute Gasteiger partial charge is 0.154 e. The molecule has 0 fully saturated rings. The van der Waals surface area contributed by atoms with Crippen LogP contribution in [-0.2, 0) is 11.5 Å². The second kappa shape index (κ2) is 5.26. The molecule has 0 unspecified atom stereocenters. The molecule has 0 aromatic heterocycles. The van der Waals surface area contributed by atoms with Crippen molar-refractivity contribution in [2.75, 3.05) is 7.11 Å². The number of hydrogen-bond donors (Lipinski definition) is 0. The van der Waals surface area contributed by atoms with Crippen LogP contribution in [0.3, 0.4) is 0 Å². The van der Waals surface area contributed by atoms with Gasteiger partial charge in [-0.15, -0.1) is 0 Å². The van der Waals surface area contributed by atoms with E-state index in [-0.39, 0.29) is 5.41 Å². The van der Waals surface area contributed by atoms with Gasteiger partial charge >= 0.3 is 0 Å². The highest BCUT2D eigenvalue weighted by atomic mass is 35.6. The topological polar surface area (TPSA) is 9.23 Å². The van der Waals surface area contributed by atoms with Gasteiger partial charge in [0.15, 0.2) is 7.38 Å². The van der Waals surface area contributed by atoms with Crippen LogP contribution < -0.4 is 4.74 Å². The summed E-state index contributed by atoms with van der Waals surface area (Å²) in [6.07, 6.45) is 0.